The number of halogens is 2. The molecule has 0 radical (unpaired) electrons. The SMILES string of the molecule is CCc1[nH]n(-c2c(Cl)cc(C(=O)NC)cc2Cl)c2nc(Cc3ccc(OC)cc3)nc(=O)c1-2. The Balaban J connectivity index is 1.85. The monoisotopic (exact) mass is 485 g/mol. The molecule has 170 valence electrons. The average molecular weight is 486 g/mol. The standard InChI is InChI=1S/C23H21Cl2N5O3/c1-4-17-19-21(27-18(28-23(19)32)9-12-5-7-14(33-3)8-6-12)30(29-17)20-15(24)10-13(11-16(20)25)22(31)26-2/h5-8,10-11,29H,4,9H2,1-3H3,(H,26,31). The molecular weight excluding hydrogens is 465 g/mol. The van der Waals surface area contributed by atoms with E-state index in [1.165, 1.54) is 19.2 Å². The van der Waals surface area contributed by atoms with E-state index in [-0.39, 0.29) is 21.5 Å². The molecule has 0 bridgehead atoms. The van der Waals surface area contributed by atoms with Gasteiger partial charge >= 0.3 is 0 Å². The summed E-state index contributed by atoms with van der Waals surface area (Å²) in [6, 6.07) is 10.5. The van der Waals surface area contributed by atoms with Crippen molar-refractivity contribution in [1.82, 2.24) is 25.1 Å². The van der Waals surface area contributed by atoms with Crippen LogP contribution < -0.4 is 15.6 Å². The molecule has 0 aliphatic carbocycles. The molecule has 2 N–H and O–H groups in total. The fourth-order valence-electron chi connectivity index (χ4n) is 3.62. The highest BCUT2D eigenvalue weighted by atomic mass is 35.5. The van der Waals surface area contributed by atoms with Crippen LogP contribution in [0.1, 0.15) is 34.4 Å². The van der Waals surface area contributed by atoms with Crippen LogP contribution >= 0.6 is 23.2 Å². The second kappa shape index (κ2) is 9.25. The largest absolute Gasteiger partial charge is 0.497 e. The van der Waals surface area contributed by atoms with E-state index < -0.39 is 0 Å². The molecule has 2 aliphatic rings. The summed E-state index contributed by atoms with van der Waals surface area (Å²) in [4.78, 5) is 33.8. The number of aryl methyl sites for hydroxylation is 1. The summed E-state index contributed by atoms with van der Waals surface area (Å²) in [5.41, 5.74) is 2.29. The number of amides is 1. The molecule has 0 atom stereocenters. The van der Waals surface area contributed by atoms with Gasteiger partial charge in [-0.05, 0) is 36.2 Å². The Hall–Kier alpha value is -3.36. The molecule has 0 saturated carbocycles. The quantitative estimate of drug-likeness (QED) is 0.431. The summed E-state index contributed by atoms with van der Waals surface area (Å²) >= 11 is 13.0. The summed E-state index contributed by atoms with van der Waals surface area (Å²) in [6.07, 6.45) is 0.907. The molecule has 10 heteroatoms. The van der Waals surface area contributed by atoms with Crippen molar-refractivity contribution < 1.29 is 9.53 Å². The van der Waals surface area contributed by atoms with Gasteiger partial charge in [-0.15, -0.1) is 0 Å². The third-order valence-corrected chi connectivity index (χ3v) is 5.84. The van der Waals surface area contributed by atoms with Crippen molar-refractivity contribution in [3.8, 4) is 22.8 Å². The van der Waals surface area contributed by atoms with Gasteiger partial charge in [-0.2, -0.15) is 4.98 Å². The van der Waals surface area contributed by atoms with Crippen LogP contribution in [-0.4, -0.2) is 39.8 Å². The lowest BCUT2D eigenvalue weighted by molar-refractivity contribution is 0.0963. The number of carbonyl (C=O) groups is 1. The number of aromatic nitrogens is 4. The topological polar surface area (TPSA) is 102 Å². The van der Waals surface area contributed by atoms with Crippen molar-refractivity contribution >= 4 is 29.1 Å². The summed E-state index contributed by atoms with van der Waals surface area (Å²) in [5.74, 6) is 1.15. The molecule has 0 spiro atoms. The van der Waals surface area contributed by atoms with E-state index in [0.717, 1.165) is 11.3 Å². The second-order valence-electron chi connectivity index (χ2n) is 7.32. The molecule has 0 aromatic heterocycles. The number of H-pyrrole nitrogens is 1. The van der Waals surface area contributed by atoms with Crippen molar-refractivity contribution in [2.45, 2.75) is 19.8 Å². The van der Waals surface area contributed by atoms with Crippen molar-refractivity contribution in [2.75, 3.05) is 14.2 Å². The van der Waals surface area contributed by atoms with E-state index in [1.54, 1.807) is 11.8 Å². The normalized spacial score (nSPS) is 11.1. The van der Waals surface area contributed by atoms with Gasteiger partial charge in [-0.25, -0.2) is 9.67 Å². The predicted octanol–water partition coefficient (Wildman–Crippen LogP) is 3.89. The van der Waals surface area contributed by atoms with Crippen LogP contribution in [-0.2, 0) is 12.8 Å². The first kappa shape index (κ1) is 22.8. The lowest BCUT2D eigenvalue weighted by Gasteiger charge is -2.13. The number of hydrogen-bond donors (Lipinski definition) is 2. The maximum absolute atomic E-state index is 12.9. The van der Waals surface area contributed by atoms with Crippen LogP contribution in [0.15, 0.2) is 41.2 Å². The highest BCUT2D eigenvalue weighted by Crippen LogP contribution is 2.34. The van der Waals surface area contributed by atoms with E-state index in [0.29, 0.717) is 47.0 Å². The minimum Gasteiger partial charge on any atom is -0.497 e. The van der Waals surface area contributed by atoms with Crippen molar-refractivity contribution in [3.05, 3.63) is 79.4 Å². The van der Waals surface area contributed by atoms with E-state index >= 15 is 0 Å². The molecule has 0 saturated heterocycles. The van der Waals surface area contributed by atoms with Crippen molar-refractivity contribution in [3.63, 3.8) is 0 Å². The number of carbonyl (C=O) groups excluding carboxylic acids is 1. The van der Waals surface area contributed by atoms with E-state index in [9.17, 15) is 9.59 Å². The van der Waals surface area contributed by atoms with Crippen LogP contribution in [0, 0.1) is 0 Å². The van der Waals surface area contributed by atoms with Crippen molar-refractivity contribution in [1.29, 1.82) is 0 Å². The number of nitrogens with zero attached hydrogens (tertiary/aromatic N) is 3. The molecule has 33 heavy (non-hydrogen) atoms. The molecule has 8 nitrogen and oxygen atoms in total. The van der Waals surface area contributed by atoms with Crippen LogP contribution in [0.2, 0.25) is 10.0 Å². The van der Waals surface area contributed by atoms with Gasteiger partial charge in [-0.3, -0.25) is 14.7 Å². The first-order valence-electron chi connectivity index (χ1n) is 10.2. The van der Waals surface area contributed by atoms with Gasteiger partial charge in [-0.1, -0.05) is 42.3 Å². The first-order valence-corrected chi connectivity index (χ1v) is 11.0. The average Bonchev–Trinajstić information content (AvgIpc) is 3.17. The number of benzene rings is 2. The second-order valence-corrected chi connectivity index (χ2v) is 8.13. The Morgan fingerprint density at radius 1 is 1.15 bits per heavy atom. The fraction of sp³-hybridized carbons (Fsp3) is 0.217. The number of hydrogen-bond acceptors (Lipinski definition) is 5. The van der Waals surface area contributed by atoms with Crippen LogP contribution in [0.3, 0.4) is 0 Å². The Morgan fingerprint density at radius 3 is 2.39 bits per heavy atom. The number of fused-ring (bicyclic) bond motifs is 1. The Kier molecular flexibility index (Phi) is 6.40. The highest BCUT2D eigenvalue weighted by Gasteiger charge is 2.25. The molecule has 0 unspecified atom stereocenters. The molecular formula is C23H21Cl2N5O3. The van der Waals surface area contributed by atoms with E-state index in [1.807, 2.05) is 31.2 Å². The maximum atomic E-state index is 12.9. The zero-order valence-electron chi connectivity index (χ0n) is 18.2. The first-order chi connectivity index (χ1) is 15.9. The molecule has 4 rings (SSSR count). The minimum atomic E-state index is -0.385. The lowest BCUT2D eigenvalue weighted by Crippen LogP contribution is -2.19. The molecule has 0 fully saturated rings. The van der Waals surface area contributed by atoms with Gasteiger partial charge in [0.1, 0.15) is 22.8 Å². The van der Waals surface area contributed by atoms with Gasteiger partial charge < -0.3 is 10.1 Å². The lowest BCUT2D eigenvalue weighted by atomic mass is 10.1. The van der Waals surface area contributed by atoms with Crippen molar-refractivity contribution in [2.24, 2.45) is 0 Å². The van der Waals surface area contributed by atoms with Gasteiger partial charge in [0, 0.05) is 24.7 Å². The van der Waals surface area contributed by atoms with Crippen LogP contribution in [0.25, 0.3) is 17.1 Å². The van der Waals surface area contributed by atoms with Gasteiger partial charge in [0.05, 0.1) is 17.2 Å². The van der Waals surface area contributed by atoms with Crippen LogP contribution in [0.4, 0.5) is 0 Å². The van der Waals surface area contributed by atoms with Gasteiger partial charge in [0.2, 0.25) is 0 Å². The third kappa shape index (κ3) is 4.31. The minimum absolute atomic E-state index is 0.236. The maximum Gasteiger partial charge on any atom is 0.284 e. The molecule has 2 aromatic carbocycles. The van der Waals surface area contributed by atoms with Gasteiger partial charge in [0.15, 0.2) is 5.82 Å². The summed E-state index contributed by atoms with van der Waals surface area (Å²) in [6.45, 7) is 1.91. The number of nitrogens with one attached hydrogen (secondary N) is 2. The summed E-state index contributed by atoms with van der Waals surface area (Å²) < 4.78 is 6.77. The van der Waals surface area contributed by atoms with Crippen LogP contribution in [0.5, 0.6) is 5.75 Å². The number of ether oxygens (including phenoxy) is 1. The van der Waals surface area contributed by atoms with E-state index in [4.69, 9.17) is 27.9 Å². The predicted molar refractivity (Wildman–Crippen MR) is 127 cm³/mol. The highest BCUT2D eigenvalue weighted by molar-refractivity contribution is 6.38. The van der Waals surface area contributed by atoms with E-state index in [2.05, 4.69) is 20.4 Å². The number of aromatic amines is 1. The Bertz CT molecular complexity index is 1340. The smallest absolute Gasteiger partial charge is 0.284 e. The Morgan fingerprint density at radius 2 is 1.82 bits per heavy atom. The third-order valence-electron chi connectivity index (χ3n) is 5.27. The molecule has 1 amide bonds. The number of rotatable bonds is 6. The van der Waals surface area contributed by atoms with Gasteiger partial charge in [0.25, 0.3) is 11.5 Å². The molecule has 2 aromatic rings. The molecule has 2 heterocycles. The zero-order valence-corrected chi connectivity index (χ0v) is 19.7. The number of methoxy groups -OCH3 is 1. The molecule has 2 aliphatic heterocycles. The summed E-state index contributed by atoms with van der Waals surface area (Å²) in [7, 11) is 3.12. The zero-order chi connectivity index (χ0) is 23.7. The Labute approximate surface area is 199 Å². The summed E-state index contributed by atoms with van der Waals surface area (Å²) in [5, 5.41) is 6.19. The fourth-order valence-corrected chi connectivity index (χ4v) is 4.27.